The third-order valence-corrected chi connectivity index (χ3v) is 3.87. The second-order valence-electron chi connectivity index (χ2n) is 5.63. The van der Waals surface area contributed by atoms with Gasteiger partial charge < -0.3 is 9.42 Å². The number of piperazine rings is 1. The highest BCUT2D eigenvalue weighted by molar-refractivity contribution is 5.94. The molecule has 1 aliphatic heterocycles. The Morgan fingerprint density at radius 1 is 1.22 bits per heavy atom. The number of rotatable bonds is 3. The van der Waals surface area contributed by atoms with Gasteiger partial charge in [0.1, 0.15) is 11.6 Å². The molecular weight excluding hydrogens is 304 g/mol. The van der Waals surface area contributed by atoms with E-state index in [9.17, 15) is 13.6 Å². The molecule has 122 valence electrons. The van der Waals surface area contributed by atoms with Crippen LogP contribution in [0.15, 0.2) is 28.8 Å². The van der Waals surface area contributed by atoms with Gasteiger partial charge in [-0.2, -0.15) is 0 Å². The molecule has 7 heteroatoms. The predicted molar refractivity (Wildman–Crippen MR) is 78.8 cm³/mol. The molecule has 2 heterocycles. The number of hydrogen-bond donors (Lipinski definition) is 0. The van der Waals surface area contributed by atoms with Crippen LogP contribution in [0, 0.1) is 18.6 Å². The van der Waals surface area contributed by atoms with Crippen LogP contribution in [-0.2, 0) is 6.54 Å². The average Bonchev–Trinajstić information content (AvgIpc) is 2.95. The van der Waals surface area contributed by atoms with Crippen LogP contribution in [0.25, 0.3) is 0 Å². The fourth-order valence-electron chi connectivity index (χ4n) is 2.65. The van der Waals surface area contributed by atoms with Crippen molar-refractivity contribution in [3.63, 3.8) is 0 Å². The van der Waals surface area contributed by atoms with E-state index in [0.717, 1.165) is 29.7 Å². The number of hydrogen-bond acceptors (Lipinski definition) is 4. The van der Waals surface area contributed by atoms with Crippen molar-refractivity contribution in [1.82, 2.24) is 15.0 Å². The molecule has 23 heavy (non-hydrogen) atoms. The Kier molecular flexibility index (Phi) is 4.38. The molecule has 0 N–H and O–H groups in total. The molecule has 0 spiro atoms. The number of carbonyl (C=O) groups excluding carboxylic acids is 1. The highest BCUT2D eigenvalue weighted by Gasteiger charge is 2.25. The lowest BCUT2D eigenvalue weighted by molar-refractivity contribution is 0.0612. The standard InChI is InChI=1S/C16H17F2N3O2/c1-11-8-13(23-19-11)10-20-4-6-21(7-5-20)16(22)14-9-12(17)2-3-15(14)18/h2-3,8-9H,4-7,10H2,1H3. The highest BCUT2D eigenvalue weighted by Crippen LogP contribution is 2.15. The monoisotopic (exact) mass is 321 g/mol. The molecule has 1 fully saturated rings. The van der Waals surface area contributed by atoms with E-state index in [4.69, 9.17) is 4.52 Å². The van der Waals surface area contributed by atoms with Gasteiger partial charge in [0.2, 0.25) is 0 Å². The summed E-state index contributed by atoms with van der Waals surface area (Å²) in [5.74, 6) is -1.01. The molecule has 3 rings (SSSR count). The first kappa shape index (κ1) is 15.6. The Morgan fingerprint density at radius 3 is 2.61 bits per heavy atom. The fraction of sp³-hybridized carbons (Fsp3) is 0.375. The molecule has 0 saturated carbocycles. The molecule has 0 radical (unpaired) electrons. The molecule has 5 nitrogen and oxygen atoms in total. The Morgan fingerprint density at radius 2 is 1.96 bits per heavy atom. The number of amides is 1. The van der Waals surface area contributed by atoms with Crippen molar-refractivity contribution in [1.29, 1.82) is 0 Å². The molecule has 2 aromatic rings. The van der Waals surface area contributed by atoms with E-state index in [1.807, 2.05) is 13.0 Å². The van der Waals surface area contributed by atoms with E-state index in [-0.39, 0.29) is 5.56 Å². The molecular formula is C16H17F2N3O2. The largest absolute Gasteiger partial charge is 0.360 e. The van der Waals surface area contributed by atoms with Crippen LogP contribution in [0.4, 0.5) is 8.78 Å². The van der Waals surface area contributed by atoms with Gasteiger partial charge in [-0.1, -0.05) is 5.16 Å². The number of carbonyl (C=O) groups is 1. The predicted octanol–water partition coefficient (Wildman–Crippen LogP) is 2.22. The normalized spacial score (nSPS) is 15.9. The SMILES string of the molecule is Cc1cc(CN2CCN(C(=O)c3cc(F)ccc3F)CC2)on1. The van der Waals surface area contributed by atoms with E-state index >= 15 is 0 Å². The Hall–Kier alpha value is -2.28. The van der Waals surface area contributed by atoms with Gasteiger partial charge in [-0.05, 0) is 25.1 Å². The second kappa shape index (κ2) is 6.45. The summed E-state index contributed by atoms with van der Waals surface area (Å²) in [5.41, 5.74) is 0.611. The highest BCUT2D eigenvalue weighted by atomic mass is 19.1. The van der Waals surface area contributed by atoms with Gasteiger partial charge in [-0.15, -0.1) is 0 Å². The zero-order valence-corrected chi connectivity index (χ0v) is 12.8. The first-order valence-electron chi connectivity index (χ1n) is 7.42. The molecule has 0 unspecified atom stereocenters. The van der Waals surface area contributed by atoms with Crippen LogP contribution < -0.4 is 0 Å². The first-order valence-corrected chi connectivity index (χ1v) is 7.42. The van der Waals surface area contributed by atoms with Crippen molar-refractivity contribution < 1.29 is 18.1 Å². The molecule has 1 aliphatic rings. The third kappa shape index (κ3) is 3.56. The molecule has 1 amide bonds. The molecule has 0 aliphatic carbocycles. The molecule has 0 atom stereocenters. The Bertz CT molecular complexity index is 709. The summed E-state index contributed by atoms with van der Waals surface area (Å²) in [5, 5.41) is 3.84. The van der Waals surface area contributed by atoms with Crippen molar-refractivity contribution in [3.8, 4) is 0 Å². The molecule has 1 aromatic carbocycles. The van der Waals surface area contributed by atoms with Crippen LogP contribution >= 0.6 is 0 Å². The second-order valence-corrected chi connectivity index (χ2v) is 5.63. The van der Waals surface area contributed by atoms with E-state index in [1.165, 1.54) is 0 Å². The summed E-state index contributed by atoms with van der Waals surface area (Å²) in [7, 11) is 0. The Labute approximate surface area is 132 Å². The number of aryl methyl sites for hydroxylation is 1. The summed E-state index contributed by atoms with van der Waals surface area (Å²) < 4.78 is 32.1. The van der Waals surface area contributed by atoms with Crippen molar-refractivity contribution in [2.45, 2.75) is 13.5 Å². The van der Waals surface area contributed by atoms with Gasteiger partial charge in [0.15, 0.2) is 5.76 Å². The van der Waals surface area contributed by atoms with Gasteiger partial charge in [-0.25, -0.2) is 8.78 Å². The number of halogens is 2. The van der Waals surface area contributed by atoms with Crippen molar-refractivity contribution >= 4 is 5.91 Å². The summed E-state index contributed by atoms with van der Waals surface area (Å²) >= 11 is 0. The van der Waals surface area contributed by atoms with Crippen LogP contribution in [0.5, 0.6) is 0 Å². The number of nitrogens with zero attached hydrogens (tertiary/aromatic N) is 3. The number of aromatic nitrogens is 1. The van der Waals surface area contributed by atoms with Crippen molar-refractivity contribution in [2.75, 3.05) is 26.2 Å². The van der Waals surface area contributed by atoms with E-state index in [1.54, 1.807) is 4.90 Å². The van der Waals surface area contributed by atoms with Crippen molar-refractivity contribution in [3.05, 3.63) is 52.9 Å². The summed E-state index contributed by atoms with van der Waals surface area (Å²) in [6.07, 6.45) is 0. The zero-order chi connectivity index (χ0) is 16.4. The maximum absolute atomic E-state index is 13.7. The van der Waals surface area contributed by atoms with E-state index in [2.05, 4.69) is 10.1 Å². The van der Waals surface area contributed by atoms with E-state index < -0.39 is 17.5 Å². The number of benzene rings is 1. The minimum Gasteiger partial charge on any atom is -0.360 e. The summed E-state index contributed by atoms with van der Waals surface area (Å²) in [6.45, 7) is 4.68. The first-order chi connectivity index (χ1) is 11.0. The summed E-state index contributed by atoms with van der Waals surface area (Å²) in [4.78, 5) is 16.0. The maximum atomic E-state index is 13.7. The van der Waals surface area contributed by atoms with Gasteiger partial charge in [0.05, 0.1) is 17.8 Å². The van der Waals surface area contributed by atoms with Crippen LogP contribution in [0.1, 0.15) is 21.8 Å². The lowest BCUT2D eigenvalue weighted by Gasteiger charge is -2.34. The molecule has 1 aromatic heterocycles. The van der Waals surface area contributed by atoms with Crippen LogP contribution in [0.2, 0.25) is 0 Å². The summed E-state index contributed by atoms with van der Waals surface area (Å²) in [6, 6.07) is 4.80. The average molecular weight is 321 g/mol. The lowest BCUT2D eigenvalue weighted by Crippen LogP contribution is -2.48. The zero-order valence-electron chi connectivity index (χ0n) is 12.8. The van der Waals surface area contributed by atoms with E-state index in [0.29, 0.717) is 32.7 Å². The van der Waals surface area contributed by atoms with Gasteiger partial charge in [0.25, 0.3) is 5.91 Å². The topological polar surface area (TPSA) is 49.6 Å². The molecule has 0 bridgehead atoms. The van der Waals surface area contributed by atoms with Crippen molar-refractivity contribution in [2.24, 2.45) is 0 Å². The maximum Gasteiger partial charge on any atom is 0.257 e. The van der Waals surface area contributed by atoms with Gasteiger partial charge in [-0.3, -0.25) is 9.69 Å². The third-order valence-electron chi connectivity index (χ3n) is 3.87. The Balaban J connectivity index is 1.60. The smallest absolute Gasteiger partial charge is 0.257 e. The fourth-order valence-corrected chi connectivity index (χ4v) is 2.65. The lowest BCUT2D eigenvalue weighted by atomic mass is 10.1. The van der Waals surface area contributed by atoms with Crippen LogP contribution in [-0.4, -0.2) is 47.0 Å². The minimum atomic E-state index is -0.698. The minimum absolute atomic E-state index is 0.218. The van der Waals surface area contributed by atoms with Gasteiger partial charge in [0, 0.05) is 32.2 Å². The molecule has 1 saturated heterocycles. The van der Waals surface area contributed by atoms with Crippen LogP contribution in [0.3, 0.4) is 0 Å². The van der Waals surface area contributed by atoms with Gasteiger partial charge >= 0.3 is 0 Å². The quantitative estimate of drug-likeness (QED) is 0.870.